The molecule has 0 saturated carbocycles. The SMILES string of the molecule is C.[B]P(I)c1ccc(OCCOC(=O)c2ccc([N+](=O)[O-])cc2)cc1. The number of nitro groups is 1. The van der Waals surface area contributed by atoms with Crippen LogP contribution in [0.2, 0.25) is 0 Å². The maximum atomic E-state index is 11.8. The summed E-state index contributed by atoms with van der Waals surface area (Å²) < 4.78 is 10.5. The highest BCUT2D eigenvalue weighted by Gasteiger charge is 2.10. The van der Waals surface area contributed by atoms with Crippen molar-refractivity contribution in [3.05, 3.63) is 64.2 Å². The minimum absolute atomic E-state index is 0. The van der Waals surface area contributed by atoms with Crippen LogP contribution in [0.5, 0.6) is 5.75 Å². The Kier molecular flexibility index (Phi) is 8.85. The van der Waals surface area contributed by atoms with Gasteiger partial charge in [0.2, 0.25) is 0 Å². The van der Waals surface area contributed by atoms with Crippen LogP contribution in [0.3, 0.4) is 0 Å². The van der Waals surface area contributed by atoms with Gasteiger partial charge in [0.05, 0.1) is 10.5 Å². The number of carbonyl (C=O) groups is 1. The number of nitro benzene ring substituents is 1. The molecule has 0 heterocycles. The van der Waals surface area contributed by atoms with Gasteiger partial charge in [0.15, 0.2) is 0 Å². The summed E-state index contributed by atoms with van der Waals surface area (Å²) in [4.78, 5) is 21.8. The molecular weight excluding hydrogens is 455 g/mol. The van der Waals surface area contributed by atoms with Gasteiger partial charge in [-0.1, -0.05) is 47.0 Å². The minimum Gasteiger partial charge on any atom is -0.490 e. The topological polar surface area (TPSA) is 78.7 Å². The lowest BCUT2D eigenvalue weighted by atomic mass is 10.2. The summed E-state index contributed by atoms with van der Waals surface area (Å²) in [5.41, 5.74) is -0.487. The zero-order valence-corrected chi connectivity index (χ0v) is 15.5. The maximum absolute atomic E-state index is 11.8. The second kappa shape index (κ2) is 10.4. The molecule has 0 fully saturated rings. The molecule has 1 unspecified atom stereocenters. The standard InChI is InChI=1S/C15H12BINO5P.CH4/c16-24(17)14-7-5-13(6-8-14)22-9-10-23-15(19)11-1-3-12(4-2-11)18(20)21;/h1-8H,9-10H2;1H4. The maximum Gasteiger partial charge on any atom is 0.338 e. The molecule has 1 atom stereocenters. The van der Waals surface area contributed by atoms with E-state index in [4.69, 9.17) is 17.0 Å². The van der Waals surface area contributed by atoms with Crippen molar-refractivity contribution in [2.45, 2.75) is 7.43 Å². The molecule has 2 rings (SSSR count). The second-order valence-corrected chi connectivity index (χ2v) is 8.85. The van der Waals surface area contributed by atoms with E-state index < -0.39 is 16.3 Å². The first-order valence-electron chi connectivity index (χ1n) is 6.82. The van der Waals surface area contributed by atoms with Gasteiger partial charge in [0.1, 0.15) is 26.5 Å². The molecule has 0 saturated heterocycles. The average Bonchev–Trinajstić information content (AvgIpc) is 2.59. The molecule has 0 spiro atoms. The number of nitrogens with zero attached hydrogens (tertiary/aromatic N) is 1. The van der Waals surface area contributed by atoms with Gasteiger partial charge in [-0.05, 0) is 29.6 Å². The van der Waals surface area contributed by atoms with Gasteiger partial charge in [-0.15, -0.1) is 0 Å². The van der Waals surface area contributed by atoms with E-state index >= 15 is 0 Å². The largest absolute Gasteiger partial charge is 0.490 e. The molecule has 2 aromatic carbocycles. The van der Waals surface area contributed by atoms with Crippen molar-refractivity contribution >= 4 is 52.0 Å². The van der Waals surface area contributed by atoms with Crippen molar-refractivity contribution in [2.24, 2.45) is 0 Å². The molecule has 25 heavy (non-hydrogen) atoms. The van der Waals surface area contributed by atoms with Crippen LogP contribution >= 0.6 is 27.5 Å². The first kappa shape index (κ1) is 21.4. The number of hydrogen-bond donors (Lipinski definition) is 0. The Hall–Kier alpha value is -1.67. The van der Waals surface area contributed by atoms with E-state index in [1.165, 1.54) is 24.3 Å². The average molecular weight is 471 g/mol. The number of ether oxygens (including phenoxy) is 2. The summed E-state index contributed by atoms with van der Waals surface area (Å²) in [6.07, 6.45) is 0. The monoisotopic (exact) mass is 471 g/mol. The van der Waals surface area contributed by atoms with E-state index in [2.05, 4.69) is 22.0 Å². The van der Waals surface area contributed by atoms with E-state index in [0.717, 1.165) is 5.30 Å². The van der Waals surface area contributed by atoms with E-state index in [9.17, 15) is 14.9 Å². The Morgan fingerprint density at radius 3 is 2.24 bits per heavy atom. The molecule has 0 aliphatic heterocycles. The van der Waals surface area contributed by atoms with Crippen LogP contribution in [0.4, 0.5) is 5.69 Å². The van der Waals surface area contributed by atoms with Crippen LogP contribution in [0.25, 0.3) is 0 Å². The van der Waals surface area contributed by atoms with Gasteiger partial charge in [-0.3, -0.25) is 10.1 Å². The van der Waals surface area contributed by atoms with Crippen LogP contribution in [-0.2, 0) is 4.74 Å². The number of halogens is 1. The fraction of sp³-hybridized carbons (Fsp3) is 0.188. The molecule has 0 aliphatic rings. The molecule has 2 aromatic rings. The molecular formula is C16H16BINO5P. The number of esters is 1. The van der Waals surface area contributed by atoms with Crippen LogP contribution in [0.15, 0.2) is 48.5 Å². The number of non-ortho nitro benzene ring substituents is 1. The van der Waals surface area contributed by atoms with Crippen molar-refractivity contribution < 1.29 is 19.2 Å². The van der Waals surface area contributed by atoms with Crippen LogP contribution in [0.1, 0.15) is 17.8 Å². The van der Waals surface area contributed by atoms with Gasteiger partial charge >= 0.3 is 5.97 Å². The molecule has 9 heteroatoms. The molecule has 0 aliphatic carbocycles. The Labute approximate surface area is 161 Å². The Morgan fingerprint density at radius 1 is 1.12 bits per heavy atom. The van der Waals surface area contributed by atoms with E-state index in [1.54, 1.807) is 0 Å². The second-order valence-electron chi connectivity index (χ2n) is 4.59. The quantitative estimate of drug-likeness (QED) is 0.116. The normalized spacial score (nSPS) is 11.1. The summed E-state index contributed by atoms with van der Waals surface area (Å²) in [5, 5.41) is 11.6. The van der Waals surface area contributed by atoms with Gasteiger partial charge in [-0.25, -0.2) is 4.79 Å². The fourth-order valence-electron chi connectivity index (χ4n) is 1.78. The lowest BCUT2D eigenvalue weighted by Crippen LogP contribution is -2.12. The Morgan fingerprint density at radius 2 is 1.72 bits per heavy atom. The summed E-state index contributed by atoms with van der Waals surface area (Å²) in [5.74, 6) is 0.112. The predicted molar refractivity (Wildman–Crippen MR) is 108 cm³/mol. The molecule has 0 amide bonds. The fourth-order valence-corrected chi connectivity index (χ4v) is 3.18. The summed E-state index contributed by atoms with van der Waals surface area (Å²) >= 11 is 2.18. The molecule has 0 N–H and O–H groups in total. The number of carbonyl (C=O) groups excluding carboxylic acids is 1. The van der Waals surface area contributed by atoms with E-state index in [-0.39, 0.29) is 31.9 Å². The van der Waals surface area contributed by atoms with Crippen LogP contribution < -0.4 is 10.0 Å². The first-order valence-corrected chi connectivity index (χ1v) is 11.0. The van der Waals surface area contributed by atoms with E-state index in [1.807, 2.05) is 24.3 Å². The van der Waals surface area contributed by atoms with Gasteiger partial charge in [0.25, 0.3) is 5.69 Å². The van der Waals surface area contributed by atoms with Crippen molar-refractivity contribution in [1.29, 1.82) is 0 Å². The number of benzene rings is 2. The Bertz CT molecular complexity index is 709. The first-order chi connectivity index (χ1) is 11.5. The minimum atomic E-state index is -0.662. The number of rotatable bonds is 7. The smallest absolute Gasteiger partial charge is 0.338 e. The highest BCUT2D eigenvalue weighted by molar-refractivity contribution is 14.2. The third kappa shape index (κ3) is 6.63. The van der Waals surface area contributed by atoms with Crippen molar-refractivity contribution in [3.8, 4) is 5.75 Å². The van der Waals surface area contributed by atoms with Crippen LogP contribution in [0, 0.1) is 10.1 Å². The molecule has 0 aromatic heterocycles. The van der Waals surface area contributed by atoms with Gasteiger partial charge in [0, 0.05) is 12.1 Å². The van der Waals surface area contributed by atoms with Gasteiger partial charge in [-0.2, -0.15) is 0 Å². The van der Waals surface area contributed by atoms with Crippen molar-refractivity contribution in [3.63, 3.8) is 0 Å². The number of hydrogen-bond acceptors (Lipinski definition) is 5. The van der Waals surface area contributed by atoms with Gasteiger partial charge < -0.3 is 9.47 Å². The summed E-state index contributed by atoms with van der Waals surface area (Å²) in [6, 6.07) is 12.7. The zero-order chi connectivity index (χ0) is 17.5. The highest BCUT2D eigenvalue weighted by atomic mass is 127. The van der Waals surface area contributed by atoms with Crippen LogP contribution in [-0.4, -0.2) is 31.7 Å². The van der Waals surface area contributed by atoms with Crippen molar-refractivity contribution in [1.82, 2.24) is 0 Å². The molecule has 0 bridgehead atoms. The van der Waals surface area contributed by atoms with E-state index in [0.29, 0.717) is 5.75 Å². The Balaban J connectivity index is 0.00000312. The summed E-state index contributed by atoms with van der Waals surface area (Å²) in [6.45, 7) is 0.285. The zero-order valence-electron chi connectivity index (χ0n) is 12.4. The lowest BCUT2D eigenvalue weighted by Gasteiger charge is -2.09. The molecule has 6 nitrogen and oxygen atoms in total. The van der Waals surface area contributed by atoms with Crippen molar-refractivity contribution in [2.75, 3.05) is 13.2 Å². The third-order valence-corrected chi connectivity index (χ3v) is 5.45. The molecule has 2 radical (unpaired) electrons. The lowest BCUT2D eigenvalue weighted by molar-refractivity contribution is -0.384. The third-order valence-electron chi connectivity index (χ3n) is 2.98. The molecule has 130 valence electrons. The summed E-state index contributed by atoms with van der Waals surface area (Å²) in [7, 11) is 5.82. The predicted octanol–water partition coefficient (Wildman–Crippen LogP) is 4.01. The highest BCUT2D eigenvalue weighted by Crippen LogP contribution is 2.37.